The van der Waals surface area contributed by atoms with Gasteiger partial charge in [-0.3, -0.25) is 4.79 Å². The van der Waals surface area contributed by atoms with Gasteiger partial charge in [-0.2, -0.15) is 4.98 Å². The molecule has 7 heteroatoms. The quantitative estimate of drug-likeness (QED) is 0.821. The Balaban J connectivity index is 1.38. The number of amides is 1. The molecule has 23 heavy (non-hydrogen) atoms. The lowest BCUT2D eigenvalue weighted by Gasteiger charge is -2.36. The number of hydrogen-bond donors (Lipinski definition) is 0. The largest absolute Gasteiger partial charge is 0.381 e. The van der Waals surface area contributed by atoms with E-state index < -0.39 is 0 Å². The first-order valence-corrected chi connectivity index (χ1v) is 8.53. The summed E-state index contributed by atoms with van der Waals surface area (Å²) in [5, 5.41) is 3.84. The third kappa shape index (κ3) is 2.99. The van der Waals surface area contributed by atoms with Gasteiger partial charge in [0, 0.05) is 32.2 Å². The first-order chi connectivity index (χ1) is 11.2. The highest BCUT2D eigenvalue weighted by Gasteiger charge is 2.43. The second kappa shape index (κ2) is 6.20. The van der Waals surface area contributed by atoms with Gasteiger partial charge in [-0.05, 0) is 38.5 Å². The molecule has 3 fully saturated rings. The SMILES string of the molecule is Cc1noc([C@H]2C[C@@H]3CCN(C(=O)C4CCOCC4)C[C@H]3O2)n1. The van der Waals surface area contributed by atoms with Crippen LogP contribution in [0.2, 0.25) is 0 Å². The smallest absolute Gasteiger partial charge is 0.255 e. The molecule has 0 bridgehead atoms. The van der Waals surface area contributed by atoms with Crippen molar-refractivity contribution < 1.29 is 18.8 Å². The molecule has 7 nitrogen and oxygen atoms in total. The molecule has 4 heterocycles. The van der Waals surface area contributed by atoms with Crippen LogP contribution in [0.15, 0.2) is 4.52 Å². The predicted octanol–water partition coefficient (Wildman–Crippen LogP) is 1.48. The van der Waals surface area contributed by atoms with Gasteiger partial charge in [0.25, 0.3) is 5.89 Å². The minimum atomic E-state index is -0.121. The van der Waals surface area contributed by atoms with E-state index in [1.807, 2.05) is 11.8 Å². The van der Waals surface area contributed by atoms with Crippen LogP contribution < -0.4 is 0 Å². The van der Waals surface area contributed by atoms with Gasteiger partial charge in [-0.25, -0.2) is 0 Å². The molecule has 0 aliphatic carbocycles. The summed E-state index contributed by atoms with van der Waals surface area (Å²) in [6.45, 7) is 4.72. The molecule has 126 valence electrons. The zero-order valence-electron chi connectivity index (χ0n) is 13.4. The highest BCUT2D eigenvalue weighted by Crippen LogP contribution is 2.40. The summed E-state index contributed by atoms with van der Waals surface area (Å²) in [5.74, 6) is 2.07. The molecule has 0 spiro atoms. The van der Waals surface area contributed by atoms with Gasteiger partial charge in [-0.1, -0.05) is 5.16 Å². The van der Waals surface area contributed by atoms with E-state index in [2.05, 4.69) is 10.1 Å². The van der Waals surface area contributed by atoms with E-state index in [1.165, 1.54) is 0 Å². The number of fused-ring (bicyclic) bond motifs is 1. The first-order valence-electron chi connectivity index (χ1n) is 8.53. The van der Waals surface area contributed by atoms with E-state index in [-0.39, 0.29) is 24.0 Å². The fourth-order valence-electron chi connectivity index (χ4n) is 3.94. The van der Waals surface area contributed by atoms with Crippen LogP contribution in [0.3, 0.4) is 0 Å². The molecule has 0 N–H and O–H groups in total. The molecular weight excluding hydrogens is 298 g/mol. The average molecular weight is 321 g/mol. The van der Waals surface area contributed by atoms with Gasteiger partial charge in [0.05, 0.1) is 6.10 Å². The molecule has 4 rings (SSSR count). The van der Waals surface area contributed by atoms with Crippen molar-refractivity contribution >= 4 is 5.91 Å². The van der Waals surface area contributed by atoms with Crippen LogP contribution in [0.1, 0.15) is 43.5 Å². The molecule has 0 saturated carbocycles. The van der Waals surface area contributed by atoms with Crippen molar-refractivity contribution in [2.24, 2.45) is 11.8 Å². The van der Waals surface area contributed by atoms with E-state index >= 15 is 0 Å². The second-order valence-corrected chi connectivity index (χ2v) is 6.80. The van der Waals surface area contributed by atoms with Crippen LogP contribution >= 0.6 is 0 Å². The molecule has 3 aliphatic heterocycles. The number of aromatic nitrogens is 2. The van der Waals surface area contributed by atoms with Gasteiger partial charge in [0.2, 0.25) is 5.91 Å². The summed E-state index contributed by atoms with van der Waals surface area (Å²) in [4.78, 5) is 18.9. The standard InChI is InChI=1S/C16H23N3O4/c1-10-17-15(23-18-10)13-8-12-2-5-19(9-14(12)22-13)16(20)11-3-6-21-7-4-11/h11-14H,2-9H2,1H3/t12-,13+,14+/m0/s1. The average Bonchev–Trinajstić information content (AvgIpc) is 3.20. The van der Waals surface area contributed by atoms with Gasteiger partial charge in [-0.15, -0.1) is 0 Å². The lowest BCUT2D eigenvalue weighted by atomic mass is 9.90. The molecule has 1 aromatic rings. The van der Waals surface area contributed by atoms with Gasteiger partial charge < -0.3 is 18.9 Å². The minimum absolute atomic E-state index is 0.0877. The Labute approximate surface area is 135 Å². The van der Waals surface area contributed by atoms with Crippen LogP contribution in [0.5, 0.6) is 0 Å². The zero-order valence-corrected chi connectivity index (χ0v) is 13.4. The number of hydrogen-bond acceptors (Lipinski definition) is 6. The predicted molar refractivity (Wildman–Crippen MR) is 79.5 cm³/mol. The number of rotatable bonds is 2. The summed E-state index contributed by atoms with van der Waals surface area (Å²) >= 11 is 0. The Morgan fingerprint density at radius 1 is 1.26 bits per heavy atom. The maximum Gasteiger partial charge on any atom is 0.255 e. The highest BCUT2D eigenvalue weighted by atomic mass is 16.5. The van der Waals surface area contributed by atoms with E-state index in [0.717, 1.165) is 32.2 Å². The number of aryl methyl sites for hydroxylation is 1. The van der Waals surface area contributed by atoms with E-state index in [1.54, 1.807) is 0 Å². The van der Waals surface area contributed by atoms with Gasteiger partial charge >= 0.3 is 0 Å². The third-order valence-electron chi connectivity index (χ3n) is 5.25. The van der Waals surface area contributed by atoms with Crippen molar-refractivity contribution in [2.75, 3.05) is 26.3 Å². The lowest BCUT2D eigenvalue weighted by Crippen LogP contribution is -2.48. The number of nitrogens with zero attached hydrogens (tertiary/aromatic N) is 3. The Bertz CT molecular complexity index is 569. The Kier molecular flexibility index (Phi) is 4.07. The third-order valence-corrected chi connectivity index (χ3v) is 5.25. The molecule has 0 radical (unpaired) electrons. The molecule has 3 atom stereocenters. The number of likely N-dealkylation sites (tertiary alicyclic amines) is 1. The molecule has 0 unspecified atom stereocenters. The maximum atomic E-state index is 12.7. The van der Waals surface area contributed by atoms with Crippen LogP contribution in [0.25, 0.3) is 0 Å². The summed E-state index contributed by atoms with van der Waals surface area (Å²) in [7, 11) is 0. The van der Waals surface area contributed by atoms with Crippen molar-refractivity contribution in [3.8, 4) is 0 Å². The minimum Gasteiger partial charge on any atom is -0.381 e. The van der Waals surface area contributed by atoms with Crippen molar-refractivity contribution in [1.82, 2.24) is 15.0 Å². The van der Waals surface area contributed by atoms with E-state index in [0.29, 0.717) is 37.4 Å². The fraction of sp³-hybridized carbons (Fsp3) is 0.812. The summed E-state index contributed by atoms with van der Waals surface area (Å²) in [5.41, 5.74) is 0. The number of piperidine rings is 1. The van der Waals surface area contributed by atoms with Crippen LogP contribution in [0, 0.1) is 18.8 Å². The molecule has 1 amide bonds. The summed E-state index contributed by atoms with van der Waals surface area (Å²) in [6, 6.07) is 0. The van der Waals surface area contributed by atoms with Gasteiger partial charge in [0.1, 0.15) is 6.10 Å². The summed E-state index contributed by atoms with van der Waals surface area (Å²) in [6.07, 6.45) is 3.55. The number of carbonyl (C=O) groups is 1. The van der Waals surface area contributed by atoms with Crippen LogP contribution in [0.4, 0.5) is 0 Å². The maximum absolute atomic E-state index is 12.7. The molecule has 0 aromatic carbocycles. The van der Waals surface area contributed by atoms with Crippen LogP contribution in [-0.4, -0.2) is 53.4 Å². The van der Waals surface area contributed by atoms with E-state index in [9.17, 15) is 4.79 Å². The highest BCUT2D eigenvalue weighted by molar-refractivity contribution is 5.79. The van der Waals surface area contributed by atoms with E-state index in [4.69, 9.17) is 14.0 Å². The van der Waals surface area contributed by atoms with Crippen molar-refractivity contribution in [3.05, 3.63) is 11.7 Å². The zero-order chi connectivity index (χ0) is 15.8. The first kappa shape index (κ1) is 15.1. The molecule has 3 saturated heterocycles. The fourth-order valence-corrected chi connectivity index (χ4v) is 3.94. The molecular formula is C16H23N3O4. The summed E-state index contributed by atoms with van der Waals surface area (Å²) < 4.78 is 16.7. The topological polar surface area (TPSA) is 77.7 Å². The van der Waals surface area contributed by atoms with Crippen molar-refractivity contribution in [1.29, 1.82) is 0 Å². The lowest BCUT2D eigenvalue weighted by molar-refractivity contribution is -0.143. The monoisotopic (exact) mass is 321 g/mol. The Morgan fingerprint density at radius 3 is 2.83 bits per heavy atom. The number of carbonyl (C=O) groups excluding carboxylic acids is 1. The van der Waals surface area contributed by atoms with Crippen LogP contribution in [-0.2, 0) is 14.3 Å². The van der Waals surface area contributed by atoms with Crippen molar-refractivity contribution in [3.63, 3.8) is 0 Å². The molecule has 3 aliphatic rings. The Hall–Kier alpha value is -1.47. The Morgan fingerprint density at radius 2 is 2.09 bits per heavy atom. The second-order valence-electron chi connectivity index (χ2n) is 6.80. The van der Waals surface area contributed by atoms with Gasteiger partial charge in [0.15, 0.2) is 5.82 Å². The number of ether oxygens (including phenoxy) is 2. The van der Waals surface area contributed by atoms with Crippen molar-refractivity contribution in [2.45, 2.75) is 44.8 Å². The normalized spacial score (nSPS) is 32.0. The molecule has 1 aromatic heterocycles.